The zero-order valence-corrected chi connectivity index (χ0v) is 11.4. The van der Waals surface area contributed by atoms with E-state index in [1.54, 1.807) is 13.3 Å². The number of anilines is 2. The van der Waals surface area contributed by atoms with Crippen LogP contribution in [0.5, 0.6) is 5.88 Å². The summed E-state index contributed by atoms with van der Waals surface area (Å²) in [5.41, 5.74) is 10.0. The topological polar surface area (TPSA) is 51.4 Å². The molecular weight excluding hydrogens is 250 g/mol. The van der Waals surface area contributed by atoms with Gasteiger partial charge in [-0.1, -0.05) is 24.3 Å². The van der Waals surface area contributed by atoms with E-state index in [0.29, 0.717) is 12.4 Å². The Morgan fingerprint density at radius 2 is 2.05 bits per heavy atom. The Hall–Kier alpha value is -2.33. The first-order valence-corrected chi connectivity index (χ1v) is 6.59. The Bertz CT molecular complexity index is 635. The van der Waals surface area contributed by atoms with E-state index in [9.17, 15) is 0 Å². The smallest absolute Gasteiger partial charge is 0.238 e. The Kier molecular flexibility index (Phi) is 3.39. The van der Waals surface area contributed by atoms with Crippen molar-refractivity contribution < 1.29 is 4.74 Å². The molecule has 1 aliphatic rings. The van der Waals surface area contributed by atoms with Gasteiger partial charge in [0.05, 0.1) is 7.11 Å². The van der Waals surface area contributed by atoms with Crippen LogP contribution in [0, 0.1) is 0 Å². The fraction of sp³-hybridized carbons (Fsp3) is 0.188. The highest BCUT2D eigenvalue weighted by molar-refractivity contribution is 5.80. The van der Waals surface area contributed by atoms with E-state index < -0.39 is 0 Å². The third-order valence-corrected chi connectivity index (χ3v) is 3.45. The second-order valence-corrected chi connectivity index (χ2v) is 4.64. The Balaban J connectivity index is 2.06. The number of ether oxygens (including phenoxy) is 1. The summed E-state index contributed by atoms with van der Waals surface area (Å²) >= 11 is 0. The number of hydrogen-bond acceptors (Lipinski definition) is 4. The Morgan fingerprint density at radius 3 is 2.75 bits per heavy atom. The SMILES string of the molecule is COc1nccc2c1N(c1ccc(CN)cc1)CC=C2. The molecule has 0 bridgehead atoms. The minimum atomic E-state index is 0.557. The molecule has 2 N–H and O–H groups in total. The molecule has 0 saturated heterocycles. The normalized spacial score (nSPS) is 13.2. The van der Waals surface area contributed by atoms with Crippen molar-refractivity contribution in [2.45, 2.75) is 6.54 Å². The highest BCUT2D eigenvalue weighted by Gasteiger charge is 2.20. The first-order chi connectivity index (χ1) is 9.83. The lowest BCUT2D eigenvalue weighted by atomic mass is 10.1. The second-order valence-electron chi connectivity index (χ2n) is 4.64. The first-order valence-electron chi connectivity index (χ1n) is 6.59. The summed E-state index contributed by atoms with van der Waals surface area (Å²) in [7, 11) is 1.65. The van der Waals surface area contributed by atoms with E-state index >= 15 is 0 Å². The molecule has 1 aromatic carbocycles. The predicted molar refractivity (Wildman–Crippen MR) is 81.2 cm³/mol. The second kappa shape index (κ2) is 5.35. The van der Waals surface area contributed by atoms with Crippen LogP contribution >= 0.6 is 0 Å². The molecule has 102 valence electrons. The van der Waals surface area contributed by atoms with Crippen molar-refractivity contribution >= 4 is 17.5 Å². The van der Waals surface area contributed by atoms with Crippen molar-refractivity contribution in [3.8, 4) is 5.88 Å². The van der Waals surface area contributed by atoms with E-state index in [1.807, 2.05) is 6.07 Å². The van der Waals surface area contributed by atoms with E-state index in [-0.39, 0.29) is 0 Å². The standard InChI is InChI=1S/C16H17N3O/c1-20-16-15-13(8-9-18-16)3-2-10-19(15)14-6-4-12(11-17)5-7-14/h2-9H,10-11,17H2,1H3. The van der Waals surface area contributed by atoms with Gasteiger partial charge in [-0.15, -0.1) is 0 Å². The van der Waals surface area contributed by atoms with Gasteiger partial charge in [0.1, 0.15) is 5.69 Å². The van der Waals surface area contributed by atoms with Crippen LogP contribution in [0.15, 0.2) is 42.6 Å². The molecule has 0 atom stereocenters. The van der Waals surface area contributed by atoms with E-state index in [4.69, 9.17) is 10.5 Å². The Labute approximate surface area is 118 Å². The lowest BCUT2D eigenvalue weighted by Crippen LogP contribution is -2.21. The maximum atomic E-state index is 5.65. The lowest BCUT2D eigenvalue weighted by Gasteiger charge is -2.29. The van der Waals surface area contributed by atoms with Gasteiger partial charge in [-0.2, -0.15) is 0 Å². The molecule has 1 aliphatic heterocycles. The monoisotopic (exact) mass is 267 g/mol. The summed E-state index contributed by atoms with van der Waals surface area (Å²) < 4.78 is 5.40. The number of pyridine rings is 1. The minimum absolute atomic E-state index is 0.557. The summed E-state index contributed by atoms with van der Waals surface area (Å²) in [5, 5.41) is 0. The summed E-state index contributed by atoms with van der Waals surface area (Å²) in [4.78, 5) is 6.50. The van der Waals surface area contributed by atoms with Crippen molar-refractivity contribution in [2.75, 3.05) is 18.6 Å². The van der Waals surface area contributed by atoms with Gasteiger partial charge in [-0.05, 0) is 23.8 Å². The van der Waals surface area contributed by atoms with Crippen molar-refractivity contribution in [1.82, 2.24) is 4.98 Å². The number of methoxy groups -OCH3 is 1. The van der Waals surface area contributed by atoms with Crippen LogP contribution in [0.25, 0.3) is 6.08 Å². The van der Waals surface area contributed by atoms with Crippen molar-refractivity contribution in [2.24, 2.45) is 5.73 Å². The van der Waals surface area contributed by atoms with Crippen LogP contribution in [0.2, 0.25) is 0 Å². The highest BCUT2D eigenvalue weighted by atomic mass is 16.5. The number of fused-ring (bicyclic) bond motifs is 1. The molecule has 20 heavy (non-hydrogen) atoms. The molecule has 0 spiro atoms. The van der Waals surface area contributed by atoms with Gasteiger partial charge in [-0.25, -0.2) is 4.98 Å². The quantitative estimate of drug-likeness (QED) is 0.929. The number of aromatic nitrogens is 1. The molecule has 0 amide bonds. The zero-order valence-electron chi connectivity index (χ0n) is 11.4. The molecule has 3 rings (SSSR count). The average Bonchev–Trinajstić information content (AvgIpc) is 2.53. The van der Waals surface area contributed by atoms with Gasteiger partial charge in [0.25, 0.3) is 0 Å². The van der Waals surface area contributed by atoms with Crippen molar-refractivity contribution in [3.05, 3.63) is 53.7 Å². The van der Waals surface area contributed by atoms with E-state index in [2.05, 4.69) is 46.3 Å². The molecule has 0 unspecified atom stereocenters. The van der Waals surface area contributed by atoms with Gasteiger partial charge in [-0.3, -0.25) is 0 Å². The fourth-order valence-corrected chi connectivity index (χ4v) is 2.43. The van der Waals surface area contributed by atoms with Crippen LogP contribution in [-0.4, -0.2) is 18.6 Å². The van der Waals surface area contributed by atoms with E-state index in [0.717, 1.165) is 29.0 Å². The number of hydrogen-bond donors (Lipinski definition) is 1. The van der Waals surface area contributed by atoms with Crippen molar-refractivity contribution in [3.63, 3.8) is 0 Å². The molecule has 4 nitrogen and oxygen atoms in total. The summed E-state index contributed by atoms with van der Waals surface area (Å²) in [6.45, 7) is 1.36. The Morgan fingerprint density at radius 1 is 1.25 bits per heavy atom. The molecule has 1 aromatic heterocycles. The lowest BCUT2D eigenvalue weighted by molar-refractivity contribution is 0.398. The predicted octanol–water partition coefficient (Wildman–Crippen LogP) is 2.71. The third-order valence-electron chi connectivity index (χ3n) is 3.45. The highest BCUT2D eigenvalue weighted by Crippen LogP contribution is 2.38. The minimum Gasteiger partial charge on any atom is -0.479 e. The first kappa shape index (κ1) is 12.7. The van der Waals surface area contributed by atoms with Crippen LogP contribution in [0.4, 0.5) is 11.4 Å². The van der Waals surface area contributed by atoms with Gasteiger partial charge < -0.3 is 15.4 Å². The summed E-state index contributed by atoms with van der Waals surface area (Å²) in [6, 6.07) is 10.3. The van der Waals surface area contributed by atoms with Gasteiger partial charge >= 0.3 is 0 Å². The number of benzene rings is 1. The molecule has 0 saturated carbocycles. The van der Waals surface area contributed by atoms with Gasteiger partial charge in [0.15, 0.2) is 0 Å². The summed E-state index contributed by atoms with van der Waals surface area (Å²) in [5.74, 6) is 0.648. The zero-order chi connectivity index (χ0) is 13.9. The number of rotatable bonds is 3. The molecule has 0 radical (unpaired) electrons. The van der Waals surface area contributed by atoms with Gasteiger partial charge in [0, 0.05) is 30.5 Å². The van der Waals surface area contributed by atoms with Crippen LogP contribution in [0.1, 0.15) is 11.1 Å². The van der Waals surface area contributed by atoms with Crippen molar-refractivity contribution in [1.29, 1.82) is 0 Å². The number of nitrogens with zero attached hydrogens (tertiary/aromatic N) is 2. The molecule has 0 aliphatic carbocycles. The van der Waals surface area contributed by atoms with Gasteiger partial charge in [0.2, 0.25) is 5.88 Å². The molecular formula is C16H17N3O. The fourth-order valence-electron chi connectivity index (χ4n) is 2.43. The molecule has 2 heterocycles. The maximum absolute atomic E-state index is 5.65. The third kappa shape index (κ3) is 2.14. The molecule has 2 aromatic rings. The molecule has 4 heteroatoms. The largest absolute Gasteiger partial charge is 0.479 e. The summed E-state index contributed by atoms with van der Waals surface area (Å²) in [6.07, 6.45) is 6.01. The van der Waals surface area contributed by atoms with Crippen LogP contribution < -0.4 is 15.4 Å². The van der Waals surface area contributed by atoms with Crippen LogP contribution in [0.3, 0.4) is 0 Å². The van der Waals surface area contributed by atoms with E-state index in [1.165, 1.54) is 0 Å². The maximum Gasteiger partial charge on any atom is 0.238 e. The molecule has 0 fully saturated rings. The number of nitrogens with two attached hydrogens (primary N) is 1. The van der Waals surface area contributed by atoms with Crippen LogP contribution in [-0.2, 0) is 6.54 Å². The average molecular weight is 267 g/mol.